The van der Waals surface area contributed by atoms with Crippen LogP contribution in [0.2, 0.25) is 0 Å². The SMILES string of the molecule is CC(/C=C\C(Cl)=C(\C)C(=O)C(Br)Br)=C/Cl. The van der Waals surface area contributed by atoms with E-state index in [1.807, 2.05) is 6.92 Å². The first-order valence-corrected chi connectivity index (χ1v) is 6.68. The van der Waals surface area contributed by atoms with Gasteiger partial charge in [-0.1, -0.05) is 61.1 Å². The van der Waals surface area contributed by atoms with Crippen molar-refractivity contribution in [3.05, 3.63) is 33.9 Å². The number of carbonyl (C=O) groups excluding carboxylic acids is 1. The van der Waals surface area contributed by atoms with E-state index in [0.717, 1.165) is 5.57 Å². The Kier molecular flexibility index (Phi) is 7.88. The summed E-state index contributed by atoms with van der Waals surface area (Å²) in [4.78, 5) is 11.5. The van der Waals surface area contributed by atoms with Gasteiger partial charge in [-0.2, -0.15) is 0 Å². The van der Waals surface area contributed by atoms with Gasteiger partial charge in [-0.15, -0.1) is 0 Å². The Labute approximate surface area is 116 Å². The Hall–Kier alpha value is 0.430. The summed E-state index contributed by atoms with van der Waals surface area (Å²) >= 11 is 17.6. The van der Waals surface area contributed by atoms with Crippen LogP contribution in [0.4, 0.5) is 0 Å². The second kappa shape index (κ2) is 7.66. The van der Waals surface area contributed by atoms with Gasteiger partial charge >= 0.3 is 0 Å². The Balaban J connectivity index is 4.81. The van der Waals surface area contributed by atoms with Gasteiger partial charge < -0.3 is 0 Å². The molecule has 0 aliphatic carbocycles. The molecule has 0 fully saturated rings. The minimum Gasteiger partial charge on any atom is -0.292 e. The topological polar surface area (TPSA) is 17.1 Å². The summed E-state index contributed by atoms with van der Waals surface area (Å²) in [6.07, 6.45) is 3.38. The van der Waals surface area contributed by atoms with Crippen LogP contribution in [0.25, 0.3) is 0 Å². The third-order valence-corrected chi connectivity index (χ3v) is 3.18. The maximum absolute atomic E-state index is 11.5. The van der Waals surface area contributed by atoms with Crippen LogP contribution >= 0.6 is 55.1 Å². The fourth-order valence-corrected chi connectivity index (χ4v) is 1.56. The molecule has 0 aromatic heterocycles. The standard InChI is InChI=1S/C10H10Br2Cl2O/c1-6(5-13)3-4-8(14)7(2)9(15)10(11)12/h3-5,10H,1-2H3/b4-3-,6-5-,8-7+. The van der Waals surface area contributed by atoms with Gasteiger partial charge in [-0.25, -0.2) is 0 Å². The lowest BCUT2D eigenvalue weighted by atomic mass is 10.2. The van der Waals surface area contributed by atoms with Crippen LogP contribution in [0.3, 0.4) is 0 Å². The van der Waals surface area contributed by atoms with Crippen LogP contribution in [0.5, 0.6) is 0 Å². The molecule has 0 spiro atoms. The molecule has 0 aromatic rings. The first-order valence-electron chi connectivity index (χ1n) is 4.04. The lowest BCUT2D eigenvalue weighted by Gasteiger charge is -2.02. The van der Waals surface area contributed by atoms with Crippen molar-refractivity contribution in [2.75, 3.05) is 0 Å². The normalized spacial score (nSPS) is 14.7. The second-order valence-electron chi connectivity index (χ2n) is 2.82. The number of ketones is 1. The largest absolute Gasteiger partial charge is 0.292 e. The number of halogens is 4. The Morgan fingerprint density at radius 3 is 2.20 bits per heavy atom. The van der Waals surface area contributed by atoms with Crippen molar-refractivity contribution >= 4 is 60.8 Å². The van der Waals surface area contributed by atoms with Crippen LogP contribution in [0.1, 0.15) is 13.8 Å². The maximum Gasteiger partial charge on any atom is 0.184 e. The van der Waals surface area contributed by atoms with Gasteiger partial charge in [-0.05, 0) is 25.5 Å². The predicted octanol–water partition coefficient (Wildman–Crippen LogP) is 4.88. The number of hydrogen-bond acceptors (Lipinski definition) is 1. The summed E-state index contributed by atoms with van der Waals surface area (Å²) in [5, 5.41) is 0.404. The zero-order valence-corrected chi connectivity index (χ0v) is 12.9. The van der Waals surface area contributed by atoms with E-state index < -0.39 is 3.74 Å². The molecule has 0 aliphatic heterocycles. The number of carbonyl (C=O) groups is 1. The quantitative estimate of drug-likeness (QED) is 0.388. The summed E-state index contributed by atoms with van der Waals surface area (Å²) in [5.74, 6) is -0.0999. The molecule has 0 radical (unpaired) electrons. The fraction of sp³-hybridized carbons (Fsp3) is 0.300. The van der Waals surface area contributed by atoms with Gasteiger partial charge in [0, 0.05) is 16.1 Å². The highest BCUT2D eigenvalue weighted by molar-refractivity contribution is 9.25. The highest BCUT2D eigenvalue weighted by Crippen LogP contribution is 2.20. The van der Waals surface area contributed by atoms with Crippen molar-refractivity contribution in [3.63, 3.8) is 0 Å². The van der Waals surface area contributed by atoms with E-state index in [1.165, 1.54) is 5.54 Å². The van der Waals surface area contributed by atoms with Crippen molar-refractivity contribution in [1.82, 2.24) is 0 Å². The molecule has 0 heterocycles. The van der Waals surface area contributed by atoms with E-state index in [0.29, 0.717) is 10.6 Å². The van der Waals surface area contributed by atoms with Gasteiger partial charge in [0.25, 0.3) is 0 Å². The molecule has 1 nitrogen and oxygen atoms in total. The van der Waals surface area contributed by atoms with E-state index in [2.05, 4.69) is 31.9 Å². The number of allylic oxidation sites excluding steroid dienone is 5. The third kappa shape index (κ3) is 5.91. The number of rotatable bonds is 4. The molecule has 0 rings (SSSR count). The third-order valence-electron chi connectivity index (χ3n) is 1.59. The highest BCUT2D eigenvalue weighted by atomic mass is 79.9. The molecule has 0 bridgehead atoms. The van der Waals surface area contributed by atoms with E-state index in [4.69, 9.17) is 23.2 Å². The Morgan fingerprint density at radius 2 is 1.80 bits per heavy atom. The zero-order valence-electron chi connectivity index (χ0n) is 8.23. The summed E-state index contributed by atoms with van der Waals surface area (Å²) in [7, 11) is 0. The molecular formula is C10H10Br2Cl2O. The van der Waals surface area contributed by atoms with E-state index >= 15 is 0 Å². The maximum atomic E-state index is 11.5. The number of alkyl halides is 2. The first kappa shape index (κ1) is 15.4. The summed E-state index contributed by atoms with van der Waals surface area (Å²) in [6.45, 7) is 3.51. The zero-order chi connectivity index (χ0) is 12.0. The number of Topliss-reactive ketones (excluding diaryl/α,β-unsaturated/α-hetero) is 1. The minimum absolute atomic E-state index is 0.0999. The molecular weight excluding hydrogens is 367 g/mol. The van der Waals surface area contributed by atoms with Gasteiger partial charge in [-0.3, -0.25) is 4.79 Å². The van der Waals surface area contributed by atoms with Crippen LogP contribution < -0.4 is 0 Å². The van der Waals surface area contributed by atoms with Gasteiger partial charge in [0.2, 0.25) is 0 Å². The summed E-state index contributed by atoms with van der Waals surface area (Å²) < 4.78 is -0.406. The molecule has 0 atom stereocenters. The molecule has 0 amide bonds. The lowest BCUT2D eigenvalue weighted by Crippen LogP contribution is -2.08. The number of hydrogen-bond donors (Lipinski definition) is 0. The molecule has 0 saturated heterocycles. The van der Waals surface area contributed by atoms with Crippen LogP contribution in [-0.4, -0.2) is 9.52 Å². The monoisotopic (exact) mass is 374 g/mol. The summed E-state index contributed by atoms with van der Waals surface area (Å²) in [5.41, 5.74) is 2.80. The summed E-state index contributed by atoms with van der Waals surface area (Å²) in [6, 6.07) is 0. The molecule has 0 aliphatic rings. The van der Waals surface area contributed by atoms with Crippen LogP contribution in [0.15, 0.2) is 33.9 Å². The van der Waals surface area contributed by atoms with E-state index in [9.17, 15) is 4.79 Å². The van der Waals surface area contributed by atoms with Crippen LogP contribution in [0, 0.1) is 0 Å². The average molecular weight is 377 g/mol. The molecule has 84 valence electrons. The highest BCUT2D eigenvalue weighted by Gasteiger charge is 2.14. The molecule has 0 unspecified atom stereocenters. The van der Waals surface area contributed by atoms with Crippen molar-refractivity contribution in [3.8, 4) is 0 Å². The Morgan fingerprint density at radius 1 is 1.27 bits per heavy atom. The van der Waals surface area contributed by atoms with Gasteiger partial charge in [0.05, 0.1) is 0 Å². The van der Waals surface area contributed by atoms with E-state index in [1.54, 1.807) is 19.1 Å². The van der Waals surface area contributed by atoms with Gasteiger partial charge in [0.15, 0.2) is 5.78 Å². The van der Waals surface area contributed by atoms with Crippen molar-refractivity contribution in [1.29, 1.82) is 0 Å². The van der Waals surface area contributed by atoms with Crippen LogP contribution in [-0.2, 0) is 4.79 Å². The fourth-order valence-electron chi connectivity index (χ4n) is 0.647. The second-order valence-corrected chi connectivity index (χ2v) is 6.51. The van der Waals surface area contributed by atoms with Crippen molar-refractivity contribution in [2.24, 2.45) is 0 Å². The van der Waals surface area contributed by atoms with Crippen molar-refractivity contribution in [2.45, 2.75) is 17.6 Å². The molecule has 15 heavy (non-hydrogen) atoms. The lowest BCUT2D eigenvalue weighted by molar-refractivity contribution is -0.113. The molecule has 0 aromatic carbocycles. The Bertz CT molecular complexity index is 330. The molecule has 5 heteroatoms. The predicted molar refractivity (Wildman–Crippen MR) is 74.0 cm³/mol. The van der Waals surface area contributed by atoms with E-state index in [-0.39, 0.29) is 5.78 Å². The average Bonchev–Trinajstić information content (AvgIpc) is 2.22. The smallest absolute Gasteiger partial charge is 0.184 e. The molecule has 0 N–H and O–H groups in total. The first-order chi connectivity index (χ1) is 6.90. The molecule has 0 saturated carbocycles. The van der Waals surface area contributed by atoms with Gasteiger partial charge in [0.1, 0.15) is 3.74 Å². The minimum atomic E-state index is -0.406. The van der Waals surface area contributed by atoms with Crippen molar-refractivity contribution < 1.29 is 4.79 Å².